The zero-order valence-electron chi connectivity index (χ0n) is 9.61. The number of aryl methyl sites for hydroxylation is 1. The molecule has 1 aliphatic heterocycles. The van der Waals surface area contributed by atoms with Crippen LogP contribution in [-0.4, -0.2) is 20.9 Å². The molecule has 2 aromatic rings. The number of fused-ring (bicyclic) bond motifs is 1. The highest BCUT2D eigenvalue weighted by atomic mass is 16.4. The maximum Gasteiger partial charge on any atom is 0.335 e. The molecule has 2 heterocycles. The van der Waals surface area contributed by atoms with Crippen LogP contribution in [0.5, 0.6) is 0 Å². The lowest BCUT2D eigenvalue weighted by molar-refractivity contribution is 0.0696. The Morgan fingerprint density at radius 3 is 3.00 bits per heavy atom. The van der Waals surface area contributed by atoms with Crippen LogP contribution < -0.4 is 0 Å². The van der Waals surface area contributed by atoms with E-state index in [1.165, 1.54) is 0 Å². The molecule has 0 radical (unpaired) electrons. The van der Waals surface area contributed by atoms with E-state index < -0.39 is 5.97 Å². The lowest BCUT2D eigenvalue weighted by Gasteiger charge is -2.09. The van der Waals surface area contributed by atoms with Crippen molar-refractivity contribution in [3.63, 3.8) is 0 Å². The van der Waals surface area contributed by atoms with Crippen molar-refractivity contribution in [2.75, 3.05) is 0 Å². The van der Waals surface area contributed by atoms with Crippen LogP contribution in [0.2, 0.25) is 0 Å². The topological polar surface area (TPSA) is 79.8 Å². The van der Waals surface area contributed by atoms with Gasteiger partial charge in [0, 0.05) is 11.6 Å². The van der Waals surface area contributed by atoms with Gasteiger partial charge in [-0.25, -0.2) is 9.48 Å². The van der Waals surface area contributed by atoms with Gasteiger partial charge in [0.25, 0.3) is 0 Å². The fourth-order valence-corrected chi connectivity index (χ4v) is 1.96. The van der Waals surface area contributed by atoms with E-state index in [1.807, 2.05) is 19.1 Å². The summed E-state index contributed by atoms with van der Waals surface area (Å²) in [6.07, 6.45) is -0.368. The first-order valence-corrected chi connectivity index (χ1v) is 5.45. The number of hydrogen-bond acceptors (Lipinski definition) is 4. The van der Waals surface area contributed by atoms with E-state index in [0.717, 1.165) is 11.3 Å². The van der Waals surface area contributed by atoms with Gasteiger partial charge in [0.1, 0.15) is 0 Å². The number of carboxylic acid groups (broad SMARTS) is 1. The number of carbonyl (C=O) groups is 1. The molecule has 1 unspecified atom stereocenters. The number of benzene rings is 1. The summed E-state index contributed by atoms with van der Waals surface area (Å²) >= 11 is 0. The second kappa shape index (κ2) is 3.76. The number of azo groups is 1. The third-order valence-corrected chi connectivity index (χ3v) is 2.77. The summed E-state index contributed by atoms with van der Waals surface area (Å²) in [7, 11) is 0. The molecule has 6 nitrogen and oxygen atoms in total. The lowest BCUT2D eigenvalue weighted by atomic mass is 10.1. The van der Waals surface area contributed by atoms with Crippen LogP contribution in [0.3, 0.4) is 0 Å². The molecule has 0 spiro atoms. The summed E-state index contributed by atoms with van der Waals surface area (Å²) in [5.41, 5.74) is 1.86. The predicted octanol–water partition coefficient (Wildman–Crippen LogP) is 2.53. The monoisotopic (exact) mass is 242 g/mol. The molecule has 0 saturated carbocycles. The fraction of sp³-hybridized carbons (Fsp3) is 0.167. The highest BCUT2D eigenvalue weighted by Crippen LogP contribution is 2.33. The van der Waals surface area contributed by atoms with Gasteiger partial charge in [-0.1, -0.05) is 12.1 Å². The minimum Gasteiger partial charge on any atom is -0.478 e. The average molecular weight is 242 g/mol. The molecule has 6 heteroatoms. The summed E-state index contributed by atoms with van der Waals surface area (Å²) in [6, 6.07) is 8.50. The number of carboxylic acids is 1. The van der Waals surface area contributed by atoms with Crippen LogP contribution in [0.25, 0.3) is 0 Å². The van der Waals surface area contributed by atoms with Gasteiger partial charge >= 0.3 is 5.97 Å². The van der Waals surface area contributed by atoms with Gasteiger partial charge in [-0.3, -0.25) is 0 Å². The number of hydrogen-bond donors (Lipinski definition) is 1. The van der Waals surface area contributed by atoms with Gasteiger partial charge in [0.2, 0.25) is 0 Å². The number of rotatable bonds is 2. The Kier molecular flexibility index (Phi) is 2.22. The first-order valence-electron chi connectivity index (χ1n) is 5.45. The first-order chi connectivity index (χ1) is 8.65. The van der Waals surface area contributed by atoms with Gasteiger partial charge in [-0.2, -0.15) is 10.2 Å². The van der Waals surface area contributed by atoms with Crippen molar-refractivity contribution in [2.24, 2.45) is 10.2 Å². The molecule has 0 fully saturated rings. The van der Waals surface area contributed by atoms with Crippen molar-refractivity contribution < 1.29 is 9.90 Å². The van der Waals surface area contributed by atoms with E-state index in [4.69, 9.17) is 5.11 Å². The number of aromatic nitrogens is 2. The van der Waals surface area contributed by atoms with Gasteiger partial charge in [0.15, 0.2) is 12.0 Å². The van der Waals surface area contributed by atoms with Crippen LogP contribution in [0.15, 0.2) is 40.6 Å². The molecule has 0 aliphatic carbocycles. The van der Waals surface area contributed by atoms with Crippen molar-refractivity contribution in [1.29, 1.82) is 0 Å². The number of nitrogens with zero attached hydrogens (tertiary/aromatic N) is 4. The van der Waals surface area contributed by atoms with E-state index >= 15 is 0 Å². The lowest BCUT2D eigenvalue weighted by Crippen LogP contribution is -2.07. The van der Waals surface area contributed by atoms with Crippen molar-refractivity contribution in [2.45, 2.75) is 13.1 Å². The van der Waals surface area contributed by atoms with Crippen LogP contribution in [0, 0.1) is 6.92 Å². The Morgan fingerprint density at radius 2 is 2.22 bits per heavy atom. The smallest absolute Gasteiger partial charge is 0.335 e. The summed E-state index contributed by atoms with van der Waals surface area (Å²) < 4.78 is 1.69. The van der Waals surface area contributed by atoms with Crippen molar-refractivity contribution in [3.8, 4) is 0 Å². The Morgan fingerprint density at radius 1 is 1.39 bits per heavy atom. The molecule has 1 N–H and O–H groups in total. The number of aromatic carboxylic acids is 1. The predicted molar refractivity (Wildman–Crippen MR) is 63.0 cm³/mol. The molecule has 1 aromatic heterocycles. The highest BCUT2D eigenvalue weighted by Gasteiger charge is 2.23. The molecule has 1 aliphatic rings. The summed E-state index contributed by atoms with van der Waals surface area (Å²) in [6.45, 7) is 1.88. The maximum atomic E-state index is 10.9. The van der Waals surface area contributed by atoms with Crippen molar-refractivity contribution in [3.05, 3.63) is 47.2 Å². The van der Waals surface area contributed by atoms with Gasteiger partial charge in [-0.05, 0) is 19.1 Å². The third kappa shape index (κ3) is 1.58. The summed E-state index contributed by atoms with van der Waals surface area (Å²) in [5, 5.41) is 21.4. The van der Waals surface area contributed by atoms with E-state index in [0.29, 0.717) is 5.82 Å². The van der Waals surface area contributed by atoms with Crippen LogP contribution in [-0.2, 0) is 0 Å². The maximum absolute atomic E-state index is 10.9. The van der Waals surface area contributed by atoms with Crippen LogP contribution in [0.4, 0.5) is 5.82 Å². The molecular formula is C12H10N4O2. The zero-order valence-corrected chi connectivity index (χ0v) is 9.61. The highest BCUT2D eigenvalue weighted by molar-refractivity contribution is 5.87. The minimum absolute atomic E-state index is 0.236. The zero-order chi connectivity index (χ0) is 12.7. The largest absolute Gasteiger partial charge is 0.478 e. The molecule has 0 saturated heterocycles. The Balaban J connectivity index is 2.04. The van der Waals surface area contributed by atoms with Crippen molar-refractivity contribution >= 4 is 11.8 Å². The van der Waals surface area contributed by atoms with Gasteiger partial charge < -0.3 is 5.11 Å². The molecule has 3 rings (SSSR count). The molecule has 18 heavy (non-hydrogen) atoms. The molecular weight excluding hydrogens is 232 g/mol. The SMILES string of the molecule is Cc1cc2n(n1)C(c1cccc(C(=O)O)c1)N=N2. The third-order valence-electron chi connectivity index (χ3n) is 2.77. The average Bonchev–Trinajstić information content (AvgIpc) is 2.87. The van der Waals surface area contributed by atoms with E-state index in [9.17, 15) is 4.79 Å². The Labute approximate surface area is 103 Å². The van der Waals surface area contributed by atoms with E-state index in [1.54, 1.807) is 22.9 Å². The first kappa shape index (κ1) is 10.6. The van der Waals surface area contributed by atoms with Gasteiger partial charge in [0.05, 0.1) is 11.3 Å². The Bertz CT molecular complexity index is 660. The quantitative estimate of drug-likeness (QED) is 0.878. The van der Waals surface area contributed by atoms with Crippen molar-refractivity contribution in [1.82, 2.24) is 9.78 Å². The van der Waals surface area contributed by atoms with Crippen LogP contribution >= 0.6 is 0 Å². The summed E-state index contributed by atoms with van der Waals surface area (Å²) in [4.78, 5) is 10.9. The molecule has 1 atom stereocenters. The second-order valence-corrected chi connectivity index (χ2v) is 4.11. The minimum atomic E-state index is -0.955. The van der Waals surface area contributed by atoms with E-state index in [-0.39, 0.29) is 11.7 Å². The normalized spacial score (nSPS) is 16.8. The van der Waals surface area contributed by atoms with Gasteiger partial charge in [-0.15, -0.1) is 5.11 Å². The Hall–Kier alpha value is -2.50. The molecule has 1 aromatic carbocycles. The molecule has 0 bridgehead atoms. The standard InChI is InChI=1S/C12H10N4O2/c1-7-5-10-13-14-11(16(10)15-7)8-3-2-4-9(6-8)12(17)18/h2-6,11H,1H3,(H,17,18). The molecule has 0 amide bonds. The fourth-order valence-electron chi connectivity index (χ4n) is 1.96. The molecule has 90 valence electrons. The van der Waals surface area contributed by atoms with E-state index in [2.05, 4.69) is 15.3 Å². The van der Waals surface area contributed by atoms with Crippen LogP contribution in [0.1, 0.15) is 27.8 Å². The second-order valence-electron chi connectivity index (χ2n) is 4.11. The summed E-state index contributed by atoms with van der Waals surface area (Å²) in [5.74, 6) is -0.262.